The molecule has 0 spiro atoms. The fraction of sp³-hybridized carbons (Fsp3) is 0.818. The maximum Gasteiger partial charge on any atom is 0.312 e. The van der Waals surface area contributed by atoms with Gasteiger partial charge in [-0.3, -0.25) is 9.59 Å². The second-order valence-electron chi connectivity index (χ2n) is 4.77. The molecule has 2 atom stereocenters. The summed E-state index contributed by atoms with van der Waals surface area (Å²) in [4.78, 5) is 26.2. The van der Waals surface area contributed by atoms with Gasteiger partial charge in [0.15, 0.2) is 0 Å². The topological polar surface area (TPSA) is 75.9 Å². The molecule has 0 saturated carbocycles. The normalized spacial score (nSPS) is 27.8. The molecule has 0 radical (unpaired) electrons. The number of carbonyl (C=O) groups excluding carboxylic acids is 2. The largest absolute Gasteiger partial charge is 0.381 e. The second kappa shape index (κ2) is 5.01. The van der Waals surface area contributed by atoms with E-state index >= 15 is 0 Å². The third-order valence-corrected chi connectivity index (χ3v) is 3.52. The van der Waals surface area contributed by atoms with Crippen molar-refractivity contribution in [2.45, 2.75) is 12.5 Å². The smallest absolute Gasteiger partial charge is 0.312 e. The number of carbonyl (C=O) groups is 2. The number of piperazine rings is 1. The van der Waals surface area contributed by atoms with Crippen LogP contribution in [0.15, 0.2) is 0 Å². The van der Waals surface area contributed by atoms with E-state index in [1.165, 1.54) is 4.90 Å². The van der Waals surface area contributed by atoms with Crippen LogP contribution < -0.4 is 5.73 Å². The van der Waals surface area contributed by atoms with E-state index in [2.05, 4.69) is 0 Å². The summed E-state index contributed by atoms with van der Waals surface area (Å²) < 4.78 is 5.27. The van der Waals surface area contributed by atoms with Gasteiger partial charge in [-0.15, -0.1) is 0 Å². The zero-order valence-corrected chi connectivity index (χ0v) is 10.1. The lowest BCUT2D eigenvalue weighted by atomic mass is 9.99. The highest BCUT2D eigenvalue weighted by molar-refractivity contribution is 6.35. The predicted octanol–water partition coefficient (Wildman–Crippen LogP) is -1.35. The predicted molar refractivity (Wildman–Crippen MR) is 61.1 cm³/mol. The maximum absolute atomic E-state index is 11.7. The van der Waals surface area contributed by atoms with Crippen LogP contribution in [0.2, 0.25) is 0 Å². The minimum atomic E-state index is -0.439. The summed E-state index contributed by atoms with van der Waals surface area (Å²) in [6.07, 6.45) is 0.942. The fourth-order valence-electron chi connectivity index (χ4n) is 2.24. The molecule has 0 bridgehead atoms. The molecule has 2 aliphatic heterocycles. The molecule has 2 unspecified atom stereocenters. The zero-order chi connectivity index (χ0) is 12.4. The van der Waals surface area contributed by atoms with Gasteiger partial charge in [0, 0.05) is 45.2 Å². The molecule has 6 heteroatoms. The van der Waals surface area contributed by atoms with Crippen molar-refractivity contribution in [1.82, 2.24) is 9.80 Å². The molecule has 0 aromatic heterocycles. The van der Waals surface area contributed by atoms with Crippen molar-refractivity contribution in [1.29, 1.82) is 0 Å². The van der Waals surface area contributed by atoms with E-state index in [1.54, 1.807) is 11.9 Å². The molecule has 17 heavy (non-hydrogen) atoms. The van der Waals surface area contributed by atoms with E-state index in [9.17, 15) is 9.59 Å². The Morgan fingerprint density at radius 2 is 2.18 bits per heavy atom. The number of hydrogen-bond donors (Lipinski definition) is 1. The van der Waals surface area contributed by atoms with Crippen molar-refractivity contribution < 1.29 is 14.3 Å². The number of nitrogens with two attached hydrogens (primary N) is 1. The van der Waals surface area contributed by atoms with Gasteiger partial charge >= 0.3 is 11.8 Å². The van der Waals surface area contributed by atoms with E-state index < -0.39 is 11.8 Å². The fourth-order valence-corrected chi connectivity index (χ4v) is 2.24. The number of hydrogen-bond acceptors (Lipinski definition) is 4. The number of rotatable bonds is 3. The lowest BCUT2D eigenvalue weighted by Crippen LogP contribution is -2.56. The number of likely N-dealkylation sites (N-methyl/N-ethyl adjacent to an activating group) is 1. The van der Waals surface area contributed by atoms with Gasteiger partial charge in [0.05, 0.1) is 6.61 Å². The highest BCUT2D eigenvalue weighted by Crippen LogP contribution is 2.16. The molecule has 2 rings (SSSR count). The SMILES string of the molecule is CN1CCN(CC(N)C2CCOC2)C(=O)C1=O. The maximum atomic E-state index is 11.7. The van der Waals surface area contributed by atoms with Crippen molar-refractivity contribution in [3.8, 4) is 0 Å². The van der Waals surface area contributed by atoms with Crippen molar-refractivity contribution in [2.24, 2.45) is 11.7 Å². The van der Waals surface area contributed by atoms with Gasteiger partial charge in [0.1, 0.15) is 0 Å². The molecule has 2 saturated heterocycles. The Bertz CT molecular complexity index is 315. The minimum absolute atomic E-state index is 0.0994. The van der Waals surface area contributed by atoms with Crippen LogP contribution in [0, 0.1) is 5.92 Å². The third kappa shape index (κ3) is 2.58. The molecule has 0 aliphatic carbocycles. The summed E-state index contributed by atoms with van der Waals surface area (Å²) in [6, 6.07) is -0.0994. The highest BCUT2D eigenvalue weighted by Gasteiger charge is 2.33. The van der Waals surface area contributed by atoms with Gasteiger partial charge in [-0.05, 0) is 6.42 Å². The number of amides is 2. The lowest BCUT2D eigenvalue weighted by molar-refractivity contribution is -0.155. The van der Waals surface area contributed by atoms with E-state index in [-0.39, 0.29) is 6.04 Å². The summed E-state index contributed by atoms with van der Waals surface area (Å²) in [6.45, 7) is 3.01. The Labute approximate surface area is 101 Å². The van der Waals surface area contributed by atoms with Gasteiger partial charge in [-0.1, -0.05) is 0 Å². The van der Waals surface area contributed by atoms with Crippen molar-refractivity contribution in [3.63, 3.8) is 0 Å². The quantitative estimate of drug-likeness (QED) is 0.620. The van der Waals surface area contributed by atoms with Crippen LogP contribution in [-0.2, 0) is 14.3 Å². The molecule has 2 heterocycles. The Hall–Kier alpha value is -1.14. The standard InChI is InChI=1S/C11H19N3O3/c1-13-3-4-14(11(16)10(13)15)6-9(12)8-2-5-17-7-8/h8-9H,2-7,12H2,1H3. The van der Waals surface area contributed by atoms with Crippen LogP contribution in [0.25, 0.3) is 0 Å². The molecule has 0 aromatic rings. The molecular formula is C11H19N3O3. The second-order valence-corrected chi connectivity index (χ2v) is 4.77. The van der Waals surface area contributed by atoms with Crippen LogP contribution in [0.1, 0.15) is 6.42 Å². The van der Waals surface area contributed by atoms with E-state index in [0.717, 1.165) is 13.0 Å². The first-order valence-electron chi connectivity index (χ1n) is 5.97. The summed E-state index contributed by atoms with van der Waals surface area (Å²) in [5, 5.41) is 0. The first-order chi connectivity index (χ1) is 8.09. The monoisotopic (exact) mass is 241 g/mol. The highest BCUT2D eigenvalue weighted by atomic mass is 16.5. The van der Waals surface area contributed by atoms with Crippen molar-refractivity contribution in [2.75, 3.05) is 39.9 Å². The van der Waals surface area contributed by atoms with Gasteiger partial charge in [-0.25, -0.2) is 0 Å². The van der Waals surface area contributed by atoms with Gasteiger partial charge in [-0.2, -0.15) is 0 Å². The van der Waals surface area contributed by atoms with Crippen LogP contribution in [0.5, 0.6) is 0 Å². The molecule has 2 fully saturated rings. The first-order valence-corrected chi connectivity index (χ1v) is 5.97. The van der Waals surface area contributed by atoms with E-state index in [0.29, 0.717) is 32.2 Å². The lowest BCUT2D eigenvalue weighted by Gasteiger charge is -2.34. The van der Waals surface area contributed by atoms with Crippen molar-refractivity contribution >= 4 is 11.8 Å². The van der Waals surface area contributed by atoms with Gasteiger partial charge < -0.3 is 20.3 Å². The average molecular weight is 241 g/mol. The van der Waals surface area contributed by atoms with Crippen LogP contribution in [0.4, 0.5) is 0 Å². The molecule has 0 aromatic carbocycles. The van der Waals surface area contributed by atoms with Gasteiger partial charge in [0.2, 0.25) is 0 Å². The average Bonchev–Trinajstić information content (AvgIpc) is 2.83. The molecule has 2 aliphatic rings. The molecular weight excluding hydrogens is 222 g/mol. The third-order valence-electron chi connectivity index (χ3n) is 3.52. The van der Waals surface area contributed by atoms with E-state index in [1.807, 2.05) is 0 Å². The zero-order valence-electron chi connectivity index (χ0n) is 10.1. The van der Waals surface area contributed by atoms with Crippen LogP contribution >= 0.6 is 0 Å². The minimum Gasteiger partial charge on any atom is -0.381 e. The van der Waals surface area contributed by atoms with E-state index in [4.69, 9.17) is 10.5 Å². The number of nitrogens with zero attached hydrogens (tertiary/aromatic N) is 2. The van der Waals surface area contributed by atoms with Crippen molar-refractivity contribution in [3.05, 3.63) is 0 Å². The van der Waals surface area contributed by atoms with Gasteiger partial charge in [0.25, 0.3) is 0 Å². The molecule has 2 amide bonds. The molecule has 6 nitrogen and oxygen atoms in total. The molecule has 96 valence electrons. The summed E-state index contributed by atoms with van der Waals surface area (Å²) in [5.74, 6) is -0.572. The Balaban J connectivity index is 1.90. The Morgan fingerprint density at radius 3 is 2.82 bits per heavy atom. The summed E-state index contributed by atoms with van der Waals surface area (Å²) in [7, 11) is 1.64. The summed E-state index contributed by atoms with van der Waals surface area (Å²) >= 11 is 0. The first kappa shape index (κ1) is 12.3. The molecule has 2 N–H and O–H groups in total. The number of ether oxygens (including phenoxy) is 1. The van der Waals surface area contributed by atoms with Crippen LogP contribution in [0.3, 0.4) is 0 Å². The Kier molecular flexibility index (Phi) is 3.63. The Morgan fingerprint density at radius 1 is 1.41 bits per heavy atom. The summed E-state index contributed by atoms with van der Waals surface area (Å²) in [5.41, 5.74) is 6.05. The van der Waals surface area contributed by atoms with Crippen LogP contribution in [-0.4, -0.2) is 67.6 Å².